The standard InChI is InChI=1S/C24H16F3N5O3S/c25-24(26,27)22-13-20(32(31-22)18-5-3-4-15(12-18)14-28)23(33)30-17-10-8-16(9-11-17)19-6-1-2-7-21(19)36(29,34)35/h1-13H,(H,30,33)(H2,29,34,35). The maximum Gasteiger partial charge on any atom is 0.435 e. The average molecular weight is 511 g/mol. The highest BCUT2D eigenvalue weighted by Crippen LogP contribution is 2.31. The molecule has 8 nitrogen and oxygen atoms in total. The number of alkyl halides is 3. The third-order valence-electron chi connectivity index (χ3n) is 5.10. The molecular formula is C24H16F3N5O3S. The number of nitrogens with two attached hydrogens (primary N) is 1. The number of nitriles is 1. The fourth-order valence-electron chi connectivity index (χ4n) is 3.47. The van der Waals surface area contributed by atoms with Crippen molar-refractivity contribution in [3.8, 4) is 22.9 Å². The van der Waals surface area contributed by atoms with E-state index >= 15 is 0 Å². The quantitative estimate of drug-likeness (QED) is 0.412. The van der Waals surface area contributed by atoms with Crippen LogP contribution in [0.1, 0.15) is 21.7 Å². The van der Waals surface area contributed by atoms with Crippen molar-refractivity contribution in [1.29, 1.82) is 5.26 Å². The van der Waals surface area contributed by atoms with Crippen molar-refractivity contribution >= 4 is 21.6 Å². The minimum atomic E-state index is -4.80. The van der Waals surface area contributed by atoms with Gasteiger partial charge in [0.2, 0.25) is 10.0 Å². The number of benzene rings is 3. The summed E-state index contributed by atoms with van der Waals surface area (Å²) in [6, 6.07) is 20.3. The van der Waals surface area contributed by atoms with E-state index in [1.807, 2.05) is 6.07 Å². The van der Waals surface area contributed by atoms with E-state index in [9.17, 15) is 26.4 Å². The molecule has 0 aliphatic rings. The lowest BCUT2D eigenvalue weighted by Crippen LogP contribution is -2.17. The Morgan fingerprint density at radius 2 is 1.69 bits per heavy atom. The Morgan fingerprint density at radius 1 is 1.00 bits per heavy atom. The highest BCUT2D eigenvalue weighted by atomic mass is 32.2. The predicted octanol–water partition coefficient (Wildman–Crippen LogP) is 4.33. The molecule has 0 spiro atoms. The van der Waals surface area contributed by atoms with Gasteiger partial charge in [-0.05, 0) is 42.0 Å². The molecule has 0 atom stereocenters. The van der Waals surface area contributed by atoms with Crippen molar-refractivity contribution in [2.45, 2.75) is 11.1 Å². The number of rotatable bonds is 5. The molecule has 12 heteroatoms. The third kappa shape index (κ3) is 5.12. The Kier molecular flexibility index (Phi) is 6.36. The second kappa shape index (κ2) is 9.29. The first-order valence-corrected chi connectivity index (χ1v) is 11.7. The fourth-order valence-corrected chi connectivity index (χ4v) is 4.23. The summed E-state index contributed by atoms with van der Waals surface area (Å²) < 4.78 is 64.6. The molecule has 0 saturated heterocycles. The van der Waals surface area contributed by atoms with Gasteiger partial charge in [-0.1, -0.05) is 36.4 Å². The van der Waals surface area contributed by atoms with Crippen molar-refractivity contribution in [2.24, 2.45) is 5.14 Å². The van der Waals surface area contributed by atoms with Crippen molar-refractivity contribution in [2.75, 3.05) is 5.32 Å². The van der Waals surface area contributed by atoms with E-state index in [2.05, 4.69) is 10.4 Å². The SMILES string of the molecule is N#Cc1cccc(-n2nc(C(F)(F)F)cc2C(=O)Nc2ccc(-c3ccccc3S(N)(=O)=O)cc2)c1. The monoisotopic (exact) mass is 511 g/mol. The number of amides is 1. The van der Waals surface area contributed by atoms with Gasteiger partial charge in [-0.15, -0.1) is 0 Å². The van der Waals surface area contributed by atoms with Crippen LogP contribution in [0, 0.1) is 11.3 Å². The number of carbonyl (C=O) groups is 1. The van der Waals surface area contributed by atoms with E-state index in [1.165, 1.54) is 60.7 Å². The molecule has 1 amide bonds. The second-order valence-electron chi connectivity index (χ2n) is 7.56. The van der Waals surface area contributed by atoms with E-state index in [1.54, 1.807) is 12.1 Å². The van der Waals surface area contributed by atoms with Crippen molar-refractivity contribution in [1.82, 2.24) is 9.78 Å². The van der Waals surface area contributed by atoms with Gasteiger partial charge in [-0.25, -0.2) is 18.2 Å². The fraction of sp³-hybridized carbons (Fsp3) is 0.0417. The lowest BCUT2D eigenvalue weighted by atomic mass is 10.1. The van der Waals surface area contributed by atoms with E-state index in [0.29, 0.717) is 17.2 Å². The summed E-state index contributed by atoms with van der Waals surface area (Å²) in [5, 5.41) is 20.4. The number of sulfonamides is 1. The third-order valence-corrected chi connectivity index (χ3v) is 6.07. The summed E-state index contributed by atoms with van der Waals surface area (Å²) in [7, 11) is -3.98. The maximum atomic E-state index is 13.3. The van der Waals surface area contributed by atoms with Gasteiger partial charge in [-0.3, -0.25) is 4.79 Å². The number of halogens is 3. The van der Waals surface area contributed by atoms with E-state index in [4.69, 9.17) is 10.4 Å². The number of hydrogen-bond donors (Lipinski definition) is 2. The molecule has 36 heavy (non-hydrogen) atoms. The average Bonchev–Trinajstić information content (AvgIpc) is 3.31. The topological polar surface area (TPSA) is 131 Å². The Hall–Kier alpha value is -4.47. The van der Waals surface area contributed by atoms with Crippen LogP contribution in [-0.2, 0) is 16.2 Å². The van der Waals surface area contributed by atoms with Crippen LogP contribution in [0.5, 0.6) is 0 Å². The van der Waals surface area contributed by atoms with Crippen LogP contribution in [0.4, 0.5) is 18.9 Å². The maximum absolute atomic E-state index is 13.3. The molecule has 0 saturated carbocycles. The number of carbonyl (C=O) groups excluding carboxylic acids is 1. The minimum Gasteiger partial charge on any atom is -0.321 e. The highest BCUT2D eigenvalue weighted by molar-refractivity contribution is 7.89. The minimum absolute atomic E-state index is 0.0787. The second-order valence-corrected chi connectivity index (χ2v) is 9.09. The Labute approximate surface area is 203 Å². The summed E-state index contributed by atoms with van der Waals surface area (Å²) in [6.45, 7) is 0. The van der Waals surface area contributed by atoms with Crippen LogP contribution in [0.2, 0.25) is 0 Å². The number of aromatic nitrogens is 2. The summed E-state index contributed by atoms with van der Waals surface area (Å²) in [4.78, 5) is 12.9. The van der Waals surface area contributed by atoms with E-state index < -0.39 is 33.5 Å². The molecule has 1 aromatic heterocycles. The Morgan fingerprint density at radius 3 is 2.33 bits per heavy atom. The van der Waals surface area contributed by atoms with E-state index in [0.717, 1.165) is 4.68 Å². The first-order chi connectivity index (χ1) is 17.0. The van der Waals surface area contributed by atoms with Gasteiger partial charge in [-0.2, -0.15) is 23.5 Å². The smallest absolute Gasteiger partial charge is 0.321 e. The molecule has 4 aromatic rings. The van der Waals surface area contributed by atoms with Crippen LogP contribution in [0.3, 0.4) is 0 Å². The van der Waals surface area contributed by atoms with Crippen LogP contribution >= 0.6 is 0 Å². The van der Waals surface area contributed by atoms with Crippen LogP contribution in [0.15, 0.2) is 83.8 Å². The van der Waals surface area contributed by atoms with Crippen molar-refractivity contribution < 1.29 is 26.4 Å². The summed E-state index contributed by atoms with van der Waals surface area (Å²) in [5.74, 6) is -0.877. The number of anilines is 1. The number of primary sulfonamides is 1. The number of hydrogen-bond acceptors (Lipinski definition) is 5. The molecule has 3 aromatic carbocycles. The van der Waals surface area contributed by atoms with E-state index in [-0.39, 0.29) is 21.8 Å². The molecule has 3 N–H and O–H groups in total. The largest absolute Gasteiger partial charge is 0.435 e. The lowest BCUT2D eigenvalue weighted by molar-refractivity contribution is -0.141. The molecule has 182 valence electrons. The molecule has 0 unspecified atom stereocenters. The summed E-state index contributed by atoms with van der Waals surface area (Å²) in [5.41, 5.74) is -0.309. The van der Waals surface area contributed by atoms with Gasteiger partial charge >= 0.3 is 6.18 Å². The molecule has 0 bridgehead atoms. The van der Waals surface area contributed by atoms with Gasteiger partial charge in [0.05, 0.1) is 22.2 Å². The first kappa shape index (κ1) is 24.6. The predicted molar refractivity (Wildman–Crippen MR) is 124 cm³/mol. The van der Waals surface area contributed by atoms with Crippen LogP contribution in [0.25, 0.3) is 16.8 Å². The Balaban J connectivity index is 1.67. The summed E-state index contributed by atoms with van der Waals surface area (Å²) >= 11 is 0. The molecular weight excluding hydrogens is 495 g/mol. The van der Waals surface area contributed by atoms with Crippen molar-refractivity contribution in [3.05, 3.63) is 95.8 Å². The molecule has 4 rings (SSSR count). The molecule has 0 radical (unpaired) electrons. The number of nitrogens with zero attached hydrogens (tertiary/aromatic N) is 3. The zero-order valence-corrected chi connectivity index (χ0v) is 19.0. The zero-order valence-electron chi connectivity index (χ0n) is 18.2. The number of nitrogens with one attached hydrogen (secondary N) is 1. The first-order valence-electron chi connectivity index (χ1n) is 10.2. The van der Waals surface area contributed by atoms with Crippen molar-refractivity contribution in [3.63, 3.8) is 0 Å². The summed E-state index contributed by atoms with van der Waals surface area (Å²) in [6.07, 6.45) is -4.80. The molecule has 0 aliphatic heterocycles. The lowest BCUT2D eigenvalue weighted by Gasteiger charge is -2.11. The van der Waals surface area contributed by atoms with Gasteiger partial charge in [0.25, 0.3) is 5.91 Å². The van der Waals surface area contributed by atoms with Gasteiger partial charge in [0.15, 0.2) is 5.69 Å². The molecule has 0 aliphatic carbocycles. The van der Waals surface area contributed by atoms with Gasteiger partial charge in [0, 0.05) is 17.3 Å². The Bertz CT molecular complexity index is 1610. The van der Waals surface area contributed by atoms with Crippen LogP contribution in [-0.4, -0.2) is 24.1 Å². The van der Waals surface area contributed by atoms with Crippen LogP contribution < -0.4 is 10.5 Å². The normalized spacial score (nSPS) is 11.6. The molecule has 0 fully saturated rings. The van der Waals surface area contributed by atoms with Gasteiger partial charge in [0.1, 0.15) is 5.69 Å². The zero-order chi connectivity index (χ0) is 26.1. The molecule has 1 heterocycles. The van der Waals surface area contributed by atoms with Gasteiger partial charge < -0.3 is 5.32 Å². The highest BCUT2D eigenvalue weighted by Gasteiger charge is 2.36.